The minimum atomic E-state index is -0.00560. The molecule has 2 aromatic heterocycles. The number of rotatable bonds is 2. The first-order valence-electron chi connectivity index (χ1n) is 6.84. The Hall–Kier alpha value is -2.34. The first-order valence-corrected chi connectivity index (χ1v) is 6.84. The van der Waals surface area contributed by atoms with Gasteiger partial charge in [0.1, 0.15) is 0 Å². The third kappa shape index (κ3) is 2.97. The van der Waals surface area contributed by atoms with E-state index in [2.05, 4.69) is 16.8 Å². The van der Waals surface area contributed by atoms with Crippen LogP contribution >= 0.6 is 0 Å². The zero-order valence-electron chi connectivity index (χ0n) is 11.5. The van der Waals surface area contributed by atoms with Crippen molar-refractivity contribution in [1.82, 2.24) is 9.55 Å². The van der Waals surface area contributed by atoms with E-state index in [1.807, 2.05) is 25.1 Å². The number of pyridine rings is 2. The molecule has 0 unspecified atom stereocenters. The van der Waals surface area contributed by atoms with E-state index in [1.54, 1.807) is 23.0 Å². The van der Waals surface area contributed by atoms with Crippen LogP contribution in [0.15, 0.2) is 41.5 Å². The average molecular weight is 264 g/mol. The highest BCUT2D eigenvalue weighted by Crippen LogP contribution is 2.27. The summed E-state index contributed by atoms with van der Waals surface area (Å²) in [5.74, 6) is 6.84. The van der Waals surface area contributed by atoms with Crippen LogP contribution in [-0.4, -0.2) is 9.55 Å². The third-order valence-corrected chi connectivity index (χ3v) is 3.40. The van der Waals surface area contributed by atoms with Crippen LogP contribution in [0.4, 0.5) is 0 Å². The summed E-state index contributed by atoms with van der Waals surface area (Å²) in [6.07, 6.45) is 5.91. The number of hydrogen-bond acceptors (Lipinski definition) is 2. The van der Waals surface area contributed by atoms with Gasteiger partial charge in [0.25, 0.3) is 5.56 Å². The summed E-state index contributed by atoms with van der Waals surface area (Å²) < 4.78 is 1.75. The molecule has 1 aliphatic carbocycles. The second-order valence-corrected chi connectivity index (χ2v) is 5.21. The van der Waals surface area contributed by atoms with Gasteiger partial charge in [0.15, 0.2) is 0 Å². The summed E-state index contributed by atoms with van der Waals surface area (Å²) in [4.78, 5) is 16.3. The van der Waals surface area contributed by atoms with Crippen molar-refractivity contribution < 1.29 is 0 Å². The Labute approximate surface area is 118 Å². The van der Waals surface area contributed by atoms with E-state index >= 15 is 0 Å². The minimum absolute atomic E-state index is 0.00560. The molecule has 1 aliphatic rings. The Bertz CT molecular complexity index is 731. The molecule has 2 heterocycles. The van der Waals surface area contributed by atoms with Crippen LogP contribution in [0.3, 0.4) is 0 Å². The van der Waals surface area contributed by atoms with Crippen molar-refractivity contribution in [1.29, 1.82) is 0 Å². The standard InChI is InChI=1S/C17H16N2O/c1-13-9-15(7-6-14-4-5-14)10-17(20)19(13)12-16-3-2-8-18-11-16/h2-3,8-11,14H,4-5,12H2,1H3. The summed E-state index contributed by atoms with van der Waals surface area (Å²) in [5, 5.41) is 0. The highest BCUT2D eigenvalue weighted by molar-refractivity contribution is 5.36. The number of hydrogen-bond donors (Lipinski definition) is 0. The zero-order chi connectivity index (χ0) is 13.9. The third-order valence-electron chi connectivity index (χ3n) is 3.40. The maximum absolute atomic E-state index is 12.2. The molecule has 0 bridgehead atoms. The molecule has 0 aromatic carbocycles. The van der Waals surface area contributed by atoms with E-state index < -0.39 is 0 Å². The van der Waals surface area contributed by atoms with Crippen molar-refractivity contribution in [3.05, 3.63) is 63.8 Å². The normalized spacial score (nSPS) is 13.7. The van der Waals surface area contributed by atoms with Crippen molar-refractivity contribution in [2.75, 3.05) is 0 Å². The molecule has 1 saturated carbocycles. The molecule has 3 rings (SSSR count). The smallest absolute Gasteiger partial charge is 0.252 e. The van der Waals surface area contributed by atoms with Crippen LogP contribution in [0.5, 0.6) is 0 Å². The summed E-state index contributed by atoms with van der Waals surface area (Å²) in [6, 6.07) is 7.46. The first-order chi connectivity index (χ1) is 9.72. The van der Waals surface area contributed by atoms with E-state index in [0.29, 0.717) is 12.5 Å². The van der Waals surface area contributed by atoms with Crippen molar-refractivity contribution >= 4 is 0 Å². The van der Waals surface area contributed by atoms with Crippen LogP contribution in [0.1, 0.15) is 29.7 Å². The molecule has 3 nitrogen and oxygen atoms in total. The van der Waals surface area contributed by atoms with Gasteiger partial charge < -0.3 is 4.57 Å². The highest BCUT2D eigenvalue weighted by Gasteiger charge is 2.17. The molecule has 0 N–H and O–H groups in total. The number of aromatic nitrogens is 2. The molecule has 100 valence electrons. The van der Waals surface area contributed by atoms with Gasteiger partial charge in [-0.25, -0.2) is 0 Å². The van der Waals surface area contributed by atoms with Crippen LogP contribution in [0.25, 0.3) is 0 Å². The lowest BCUT2D eigenvalue weighted by Crippen LogP contribution is -2.22. The summed E-state index contributed by atoms with van der Waals surface area (Å²) in [6.45, 7) is 2.49. The van der Waals surface area contributed by atoms with E-state index in [9.17, 15) is 4.79 Å². The van der Waals surface area contributed by atoms with Gasteiger partial charge in [-0.05, 0) is 37.5 Å². The van der Waals surface area contributed by atoms with Crippen molar-refractivity contribution in [2.24, 2.45) is 5.92 Å². The van der Waals surface area contributed by atoms with Crippen LogP contribution < -0.4 is 5.56 Å². The Balaban J connectivity index is 1.89. The van der Waals surface area contributed by atoms with E-state index in [-0.39, 0.29) is 5.56 Å². The van der Waals surface area contributed by atoms with Gasteiger partial charge in [0.05, 0.1) is 6.54 Å². The Kier molecular flexibility index (Phi) is 3.39. The molecule has 1 fully saturated rings. The maximum Gasteiger partial charge on any atom is 0.252 e. The molecule has 0 radical (unpaired) electrons. The maximum atomic E-state index is 12.2. The topological polar surface area (TPSA) is 34.9 Å². The molecule has 0 saturated heterocycles. The lowest BCUT2D eigenvalue weighted by Gasteiger charge is -2.09. The first kappa shape index (κ1) is 12.7. The van der Waals surface area contributed by atoms with E-state index in [0.717, 1.165) is 16.8 Å². The van der Waals surface area contributed by atoms with Gasteiger partial charge >= 0.3 is 0 Å². The molecule has 2 aromatic rings. The van der Waals surface area contributed by atoms with Crippen molar-refractivity contribution in [3.63, 3.8) is 0 Å². The minimum Gasteiger partial charge on any atom is -0.308 e. The van der Waals surface area contributed by atoms with Gasteiger partial charge in [0, 0.05) is 35.6 Å². The Morgan fingerprint density at radius 2 is 2.25 bits per heavy atom. The molecule has 20 heavy (non-hydrogen) atoms. The van der Waals surface area contributed by atoms with E-state index in [4.69, 9.17) is 0 Å². The van der Waals surface area contributed by atoms with Gasteiger partial charge in [-0.2, -0.15) is 0 Å². The van der Waals surface area contributed by atoms with E-state index in [1.165, 1.54) is 12.8 Å². The fourth-order valence-electron chi connectivity index (χ4n) is 2.09. The fraction of sp³-hybridized carbons (Fsp3) is 0.294. The lowest BCUT2D eigenvalue weighted by atomic mass is 10.2. The molecule has 0 spiro atoms. The zero-order valence-corrected chi connectivity index (χ0v) is 11.5. The molecular formula is C17H16N2O. The lowest BCUT2D eigenvalue weighted by molar-refractivity contribution is 0.726. The van der Waals surface area contributed by atoms with Gasteiger partial charge in [-0.3, -0.25) is 9.78 Å². The summed E-state index contributed by atoms with van der Waals surface area (Å²) >= 11 is 0. The van der Waals surface area contributed by atoms with Crippen LogP contribution in [-0.2, 0) is 6.54 Å². The summed E-state index contributed by atoms with van der Waals surface area (Å²) in [5.41, 5.74) is 2.77. The predicted molar refractivity (Wildman–Crippen MR) is 78.4 cm³/mol. The van der Waals surface area contributed by atoms with Crippen molar-refractivity contribution in [2.45, 2.75) is 26.3 Å². The van der Waals surface area contributed by atoms with Crippen LogP contribution in [0, 0.1) is 24.7 Å². The summed E-state index contributed by atoms with van der Waals surface area (Å²) in [7, 11) is 0. The predicted octanol–water partition coefficient (Wildman–Crippen LogP) is 2.36. The molecular weight excluding hydrogens is 248 g/mol. The fourth-order valence-corrected chi connectivity index (χ4v) is 2.09. The largest absolute Gasteiger partial charge is 0.308 e. The van der Waals surface area contributed by atoms with Gasteiger partial charge in [-0.15, -0.1) is 0 Å². The molecule has 0 amide bonds. The van der Waals surface area contributed by atoms with Crippen molar-refractivity contribution in [3.8, 4) is 11.8 Å². The molecule has 0 atom stereocenters. The Morgan fingerprint density at radius 1 is 1.40 bits per heavy atom. The second-order valence-electron chi connectivity index (χ2n) is 5.21. The quantitative estimate of drug-likeness (QED) is 0.780. The van der Waals surface area contributed by atoms with Gasteiger partial charge in [0.2, 0.25) is 0 Å². The monoisotopic (exact) mass is 264 g/mol. The number of nitrogens with zero attached hydrogens (tertiary/aromatic N) is 2. The van der Waals surface area contributed by atoms with Crippen LogP contribution in [0.2, 0.25) is 0 Å². The Morgan fingerprint density at radius 3 is 2.90 bits per heavy atom. The number of aryl methyl sites for hydroxylation is 1. The average Bonchev–Trinajstić information content (AvgIpc) is 3.26. The highest BCUT2D eigenvalue weighted by atomic mass is 16.1. The molecule has 0 aliphatic heterocycles. The van der Waals surface area contributed by atoms with Gasteiger partial charge in [-0.1, -0.05) is 17.9 Å². The second kappa shape index (κ2) is 5.34. The SMILES string of the molecule is Cc1cc(C#CC2CC2)cc(=O)n1Cc1cccnc1. The molecule has 3 heteroatoms.